The van der Waals surface area contributed by atoms with E-state index in [9.17, 15) is 4.79 Å². The van der Waals surface area contributed by atoms with Crippen molar-refractivity contribution in [1.29, 1.82) is 0 Å². The Hall–Kier alpha value is -1.15. The van der Waals surface area contributed by atoms with E-state index in [0.717, 1.165) is 35.9 Å². The fourth-order valence-electron chi connectivity index (χ4n) is 2.51. The molecule has 0 amide bonds. The summed E-state index contributed by atoms with van der Waals surface area (Å²) in [5.41, 5.74) is 0.925. The molecule has 2 rings (SSSR count). The number of hydrogen-bond acceptors (Lipinski definition) is 2. The Morgan fingerprint density at radius 1 is 1.17 bits per heavy atom. The van der Waals surface area contributed by atoms with Crippen molar-refractivity contribution in [2.24, 2.45) is 5.92 Å². The lowest BCUT2D eigenvalue weighted by molar-refractivity contribution is 0.0907. The van der Waals surface area contributed by atoms with Gasteiger partial charge in [0, 0.05) is 16.2 Å². The summed E-state index contributed by atoms with van der Waals surface area (Å²) in [6, 6.07) is 8.15. The van der Waals surface area contributed by atoms with E-state index in [2.05, 4.69) is 31.4 Å². The van der Waals surface area contributed by atoms with Gasteiger partial charge in [-0.05, 0) is 35.7 Å². The Morgan fingerprint density at radius 2 is 1.89 bits per heavy atom. The van der Waals surface area contributed by atoms with Crippen LogP contribution in [0.15, 0.2) is 29.6 Å². The summed E-state index contributed by atoms with van der Waals surface area (Å²) >= 11 is 1.68. The maximum atomic E-state index is 12.6. The predicted octanol–water partition coefficient (Wildman–Crippen LogP) is 5.30. The summed E-state index contributed by atoms with van der Waals surface area (Å²) in [6.45, 7) is 4.31. The lowest BCUT2D eigenvalue weighted by Gasteiger charge is -2.14. The first kappa shape index (κ1) is 13.3. The zero-order chi connectivity index (χ0) is 13.0. The standard InChI is InChI=1S/C16H20OS/c1-3-6-12(7-4-2)15(17)14-9-5-8-13-10-11-18-16(13)14/h5,8-12H,3-4,6-7H2,1-2H3. The van der Waals surface area contributed by atoms with E-state index in [4.69, 9.17) is 0 Å². The van der Waals surface area contributed by atoms with Gasteiger partial charge in [-0.3, -0.25) is 4.79 Å². The fourth-order valence-corrected chi connectivity index (χ4v) is 3.43. The highest BCUT2D eigenvalue weighted by Gasteiger charge is 2.20. The lowest BCUT2D eigenvalue weighted by Crippen LogP contribution is -2.14. The SMILES string of the molecule is CCCC(CCC)C(=O)c1cccc2ccsc12. The molecule has 0 atom stereocenters. The van der Waals surface area contributed by atoms with E-state index in [0.29, 0.717) is 5.78 Å². The molecule has 1 aromatic heterocycles. The number of rotatable bonds is 6. The second kappa shape index (κ2) is 6.14. The van der Waals surface area contributed by atoms with Crippen LogP contribution >= 0.6 is 11.3 Å². The number of hydrogen-bond donors (Lipinski definition) is 0. The maximum Gasteiger partial charge on any atom is 0.167 e. The molecule has 0 fully saturated rings. The molecule has 1 heterocycles. The molecular formula is C16H20OS. The Balaban J connectivity index is 2.34. The van der Waals surface area contributed by atoms with Gasteiger partial charge in [-0.25, -0.2) is 0 Å². The molecule has 0 bridgehead atoms. The van der Waals surface area contributed by atoms with Gasteiger partial charge in [0.2, 0.25) is 0 Å². The molecule has 0 spiro atoms. The monoisotopic (exact) mass is 260 g/mol. The van der Waals surface area contributed by atoms with E-state index in [-0.39, 0.29) is 5.92 Å². The largest absolute Gasteiger partial charge is 0.294 e. The van der Waals surface area contributed by atoms with Crippen LogP contribution in [0.3, 0.4) is 0 Å². The molecule has 18 heavy (non-hydrogen) atoms. The van der Waals surface area contributed by atoms with Crippen LogP contribution in [0.4, 0.5) is 0 Å². The number of benzene rings is 1. The number of carbonyl (C=O) groups excluding carboxylic acids is 1. The number of thiophene rings is 1. The molecular weight excluding hydrogens is 240 g/mol. The quantitative estimate of drug-likeness (QED) is 0.644. The minimum atomic E-state index is 0.202. The number of Topliss-reactive ketones (excluding diaryl/α,β-unsaturated/α-hetero) is 1. The van der Waals surface area contributed by atoms with E-state index in [1.54, 1.807) is 11.3 Å². The van der Waals surface area contributed by atoms with Crippen molar-refractivity contribution in [2.45, 2.75) is 39.5 Å². The summed E-state index contributed by atoms with van der Waals surface area (Å²) in [5.74, 6) is 0.541. The van der Waals surface area contributed by atoms with Crippen LogP contribution in [-0.2, 0) is 0 Å². The second-order valence-electron chi connectivity index (χ2n) is 4.78. The van der Waals surface area contributed by atoms with Gasteiger partial charge in [-0.1, -0.05) is 38.8 Å². The first-order chi connectivity index (χ1) is 8.77. The third-order valence-corrected chi connectivity index (χ3v) is 4.35. The van der Waals surface area contributed by atoms with Gasteiger partial charge in [0.15, 0.2) is 5.78 Å². The predicted molar refractivity (Wildman–Crippen MR) is 79.5 cm³/mol. The molecule has 0 radical (unpaired) electrons. The van der Waals surface area contributed by atoms with Gasteiger partial charge in [-0.2, -0.15) is 0 Å². The minimum absolute atomic E-state index is 0.202. The topological polar surface area (TPSA) is 17.1 Å². The van der Waals surface area contributed by atoms with Crippen molar-refractivity contribution in [3.63, 3.8) is 0 Å². The summed E-state index contributed by atoms with van der Waals surface area (Å²) in [4.78, 5) is 12.6. The van der Waals surface area contributed by atoms with Crippen molar-refractivity contribution in [3.8, 4) is 0 Å². The molecule has 1 aromatic carbocycles. The van der Waals surface area contributed by atoms with E-state index in [1.165, 1.54) is 5.39 Å². The van der Waals surface area contributed by atoms with Crippen LogP contribution in [0.2, 0.25) is 0 Å². The Labute approximate surface area is 113 Å². The molecule has 1 nitrogen and oxygen atoms in total. The third-order valence-electron chi connectivity index (χ3n) is 3.39. The van der Waals surface area contributed by atoms with E-state index >= 15 is 0 Å². The number of carbonyl (C=O) groups is 1. The van der Waals surface area contributed by atoms with E-state index < -0.39 is 0 Å². The average molecular weight is 260 g/mol. The zero-order valence-electron chi connectivity index (χ0n) is 11.1. The van der Waals surface area contributed by atoms with Crippen LogP contribution in [0.1, 0.15) is 49.9 Å². The highest BCUT2D eigenvalue weighted by molar-refractivity contribution is 7.17. The number of fused-ring (bicyclic) bond motifs is 1. The smallest absolute Gasteiger partial charge is 0.167 e. The molecule has 2 heteroatoms. The normalized spacial score (nSPS) is 11.3. The van der Waals surface area contributed by atoms with Crippen LogP contribution in [0.5, 0.6) is 0 Å². The van der Waals surface area contributed by atoms with Gasteiger partial charge in [-0.15, -0.1) is 11.3 Å². The fraction of sp³-hybridized carbons (Fsp3) is 0.438. The Kier molecular flexibility index (Phi) is 4.54. The molecule has 0 saturated carbocycles. The zero-order valence-corrected chi connectivity index (χ0v) is 11.9. The van der Waals surface area contributed by atoms with Crippen molar-refractivity contribution in [2.75, 3.05) is 0 Å². The van der Waals surface area contributed by atoms with E-state index in [1.807, 2.05) is 12.1 Å². The average Bonchev–Trinajstić information content (AvgIpc) is 2.85. The summed E-state index contributed by atoms with van der Waals surface area (Å²) in [7, 11) is 0. The van der Waals surface area contributed by atoms with Crippen LogP contribution in [0.25, 0.3) is 10.1 Å². The highest BCUT2D eigenvalue weighted by Crippen LogP contribution is 2.28. The third kappa shape index (κ3) is 2.64. The maximum absolute atomic E-state index is 12.6. The summed E-state index contributed by atoms with van der Waals surface area (Å²) < 4.78 is 1.15. The molecule has 0 aliphatic heterocycles. The van der Waals surface area contributed by atoms with Gasteiger partial charge >= 0.3 is 0 Å². The van der Waals surface area contributed by atoms with Crippen LogP contribution in [0, 0.1) is 5.92 Å². The molecule has 0 unspecified atom stereocenters. The first-order valence-corrected chi connectivity index (χ1v) is 7.66. The van der Waals surface area contributed by atoms with Gasteiger partial charge in [0.25, 0.3) is 0 Å². The summed E-state index contributed by atoms with van der Waals surface area (Å²) in [5, 5.41) is 3.26. The summed E-state index contributed by atoms with van der Waals surface area (Å²) in [6.07, 6.45) is 4.18. The van der Waals surface area contributed by atoms with Crippen molar-refractivity contribution < 1.29 is 4.79 Å². The van der Waals surface area contributed by atoms with Crippen molar-refractivity contribution >= 4 is 27.2 Å². The lowest BCUT2D eigenvalue weighted by atomic mass is 9.89. The molecule has 0 aliphatic carbocycles. The van der Waals surface area contributed by atoms with Crippen molar-refractivity contribution in [3.05, 3.63) is 35.2 Å². The van der Waals surface area contributed by atoms with Crippen LogP contribution < -0.4 is 0 Å². The minimum Gasteiger partial charge on any atom is -0.294 e. The molecule has 96 valence electrons. The van der Waals surface area contributed by atoms with Gasteiger partial charge < -0.3 is 0 Å². The molecule has 0 N–H and O–H groups in total. The second-order valence-corrected chi connectivity index (χ2v) is 5.70. The van der Waals surface area contributed by atoms with Crippen molar-refractivity contribution in [1.82, 2.24) is 0 Å². The Bertz CT molecular complexity index is 521. The highest BCUT2D eigenvalue weighted by atomic mass is 32.1. The Morgan fingerprint density at radius 3 is 2.56 bits per heavy atom. The van der Waals surface area contributed by atoms with Gasteiger partial charge in [0.05, 0.1) is 0 Å². The molecule has 0 saturated heterocycles. The van der Waals surface area contributed by atoms with Gasteiger partial charge in [0.1, 0.15) is 0 Å². The van der Waals surface area contributed by atoms with Crippen LogP contribution in [-0.4, -0.2) is 5.78 Å². The molecule has 2 aromatic rings. The molecule has 0 aliphatic rings. The number of ketones is 1. The first-order valence-electron chi connectivity index (χ1n) is 6.78.